The van der Waals surface area contributed by atoms with Crippen LogP contribution in [0.5, 0.6) is 0 Å². The molecule has 1 heterocycles. The number of hydrogen-bond donors (Lipinski definition) is 2. The van der Waals surface area contributed by atoms with Gasteiger partial charge in [0.1, 0.15) is 0 Å². The molecule has 1 aliphatic carbocycles. The van der Waals surface area contributed by atoms with Gasteiger partial charge in [-0.25, -0.2) is 0 Å². The molecule has 0 spiro atoms. The fourth-order valence-electron chi connectivity index (χ4n) is 2.33. The van der Waals surface area contributed by atoms with Crippen LogP contribution in [-0.2, 0) is 4.79 Å². The molecule has 0 saturated heterocycles. The Morgan fingerprint density at radius 1 is 1.33 bits per heavy atom. The van der Waals surface area contributed by atoms with E-state index >= 15 is 0 Å². The Kier molecular flexibility index (Phi) is 3.53. The molecule has 0 fully saturated rings. The van der Waals surface area contributed by atoms with Gasteiger partial charge in [-0.3, -0.25) is 4.79 Å². The largest absolute Gasteiger partial charge is 0.421 e. The Morgan fingerprint density at radius 3 is 2.81 bits per heavy atom. The molecule has 2 atom stereocenters. The summed E-state index contributed by atoms with van der Waals surface area (Å²) in [5.41, 5.74) is 7.14. The fraction of sp³-hybridized carbons (Fsp3) is 0.267. The lowest BCUT2D eigenvalue weighted by Crippen LogP contribution is -2.24. The molecule has 108 valence electrons. The number of benzene rings is 1. The highest BCUT2D eigenvalue weighted by molar-refractivity contribution is 5.97. The second-order valence-electron chi connectivity index (χ2n) is 5.05. The Balaban J connectivity index is 1.83. The molecule has 1 aliphatic rings. The second-order valence-corrected chi connectivity index (χ2v) is 5.05. The monoisotopic (exact) mass is 284 g/mol. The number of aromatic nitrogens is 2. The minimum absolute atomic E-state index is 0.0467. The molecular formula is C15H16N4O2. The average Bonchev–Trinajstić information content (AvgIpc) is 3.08. The van der Waals surface area contributed by atoms with Gasteiger partial charge in [0, 0.05) is 13.0 Å². The lowest BCUT2D eigenvalue weighted by molar-refractivity contribution is -0.118. The zero-order valence-electron chi connectivity index (χ0n) is 11.6. The highest BCUT2D eigenvalue weighted by Crippen LogP contribution is 2.28. The van der Waals surface area contributed by atoms with Gasteiger partial charge in [-0.1, -0.05) is 24.3 Å². The summed E-state index contributed by atoms with van der Waals surface area (Å²) in [6.45, 7) is 1.72. The molecule has 2 aromatic rings. The molecule has 1 aromatic carbocycles. The van der Waals surface area contributed by atoms with Crippen LogP contribution in [0.2, 0.25) is 0 Å². The summed E-state index contributed by atoms with van der Waals surface area (Å²) >= 11 is 0. The summed E-state index contributed by atoms with van der Waals surface area (Å²) in [4.78, 5) is 12.3. The van der Waals surface area contributed by atoms with Crippen molar-refractivity contribution in [3.05, 3.63) is 42.3 Å². The maximum absolute atomic E-state index is 12.3. The van der Waals surface area contributed by atoms with Gasteiger partial charge < -0.3 is 15.5 Å². The van der Waals surface area contributed by atoms with Crippen molar-refractivity contribution in [2.24, 2.45) is 11.7 Å². The van der Waals surface area contributed by atoms with Crippen LogP contribution in [0.4, 0.5) is 5.69 Å². The van der Waals surface area contributed by atoms with E-state index in [-0.39, 0.29) is 17.9 Å². The molecular weight excluding hydrogens is 268 g/mol. The molecule has 2 unspecified atom stereocenters. The number of amides is 1. The van der Waals surface area contributed by atoms with E-state index in [2.05, 4.69) is 15.5 Å². The van der Waals surface area contributed by atoms with Crippen LogP contribution in [-0.4, -0.2) is 22.1 Å². The summed E-state index contributed by atoms with van der Waals surface area (Å²) in [6.07, 6.45) is 4.34. The fourth-order valence-corrected chi connectivity index (χ4v) is 2.33. The number of para-hydroxylation sites is 1. The van der Waals surface area contributed by atoms with Gasteiger partial charge in [0.25, 0.3) is 0 Å². The molecule has 0 aliphatic heterocycles. The summed E-state index contributed by atoms with van der Waals surface area (Å²) in [5.74, 6) is 0.596. The minimum atomic E-state index is -0.197. The molecule has 21 heavy (non-hydrogen) atoms. The zero-order valence-corrected chi connectivity index (χ0v) is 11.6. The predicted molar refractivity (Wildman–Crippen MR) is 78.3 cm³/mol. The van der Waals surface area contributed by atoms with Crippen molar-refractivity contribution in [1.29, 1.82) is 0 Å². The number of anilines is 1. The molecule has 0 bridgehead atoms. The van der Waals surface area contributed by atoms with Gasteiger partial charge in [-0.15, -0.1) is 10.2 Å². The Labute approximate surface area is 122 Å². The van der Waals surface area contributed by atoms with Crippen molar-refractivity contribution in [1.82, 2.24) is 10.2 Å². The summed E-state index contributed by atoms with van der Waals surface area (Å²) in [5, 5.41) is 10.7. The topological polar surface area (TPSA) is 94.0 Å². The second kappa shape index (κ2) is 5.49. The van der Waals surface area contributed by atoms with Crippen LogP contribution in [0.1, 0.15) is 12.3 Å². The SMILES string of the molecule is Cc1nnc(-c2ccccc2NC(=O)C2C=CC(N)C2)o1. The predicted octanol–water partition coefficient (Wildman–Crippen LogP) is 1.89. The molecule has 1 amide bonds. The first-order valence-corrected chi connectivity index (χ1v) is 6.78. The van der Waals surface area contributed by atoms with Crippen LogP contribution >= 0.6 is 0 Å². The van der Waals surface area contributed by atoms with Crippen LogP contribution in [0.15, 0.2) is 40.8 Å². The van der Waals surface area contributed by atoms with Crippen LogP contribution in [0.3, 0.4) is 0 Å². The van der Waals surface area contributed by atoms with E-state index in [0.29, 0.717) is 29.5 Å². The molecule has 6 heteroatoms. The Morgan fingerprint density at radius 2 is 2.14 bits per heavy atom. The van der Waals surface area contributed by atoms with Crippen molar-refractivity contribution in [3.63, 3.8) is 0 Å². The van der Waals surface area contributed by atoms with E-state index < -0.39 is 0 Å². The smallest absolute Gasteiger partial charge is 0.249 e. The highest BCUT2D eigenvalue weighted by atomic mass is 16.4. The van der Waals surface area contributed by atoms with E-state index in [1.807, 2.05) is 36.4 Å². The number of nitrogens with zero attached hydrogens (tertiary/aromatic N) is 2. The molecule has 0 saturated carbocycles. The van der Waals surface area contributed by atoms with Gasteiger partial charge in [-0.05, 0) is 18.6 Å². The summed E-state index contributed by atoms with van der Waals surface area (Å²) in [7, 11) is 0. The normalized spacial score (nSPS) is 20.7. The lowest BCUT2D eigenvalue weighted by Gasteiger charge is -2.12. The van der Waals surface area contributed by atoms with Crippen molar-refractivity contribution in [2.45, 2.75) is 19.4 Å². The maximum atomic E-state index is 12.3. The standard InChI is InChI=1S/C15H16N4O2/c1-9-18-19-15(21-9)12-4-2-3-5-13(12)17-14(20)10-6-7-11(16)8-10/h2-7,10-11H,8,16H2,1H3,(H,17,20). The number of carbonyl (C=O) groups is 1. The van der Waals surface area contributed by atoms with E-state index in [1.54, 1.807) is 6.92 Å². The van der Waals surface area contributed by atoms with Crippen LogP contribution in [0.25, 0.3) is 11.5 Å². The third kappa shape index (κ3) is 2.85. The number of aryl methyl sites for hydroxylation is 1. The lowest BCUT2D eigenvalue weighted by atomic mass is 10.1. The summed E-state index contributed by atoms with van der Waals surface area (Å²) in [6, 6.07) is 7.30. The first kappa shape index (κ1) is 13.5. The van der Waals surface area contributed by atoms with Crippen molar-refractivity contribution in [3.8, 4) is 11.5 Å². The zero-order chi connectivity index (χ0) is 14.8. The number of nitrogens with one attached hydrogen (secondary N) is 1. The number of carbonyl (C=O) groups excluding carboxylic acids is 1. The molecule has 3 rings (SSSR count). The highest BCUT2D eigenvalue weighted by Gasteiger charge is 2.23. The van der Waals surface area contributed by atoms with E-state index in [1.165, 1.54) is 0 Å². The van der Waals surface area contributed by atoms with Gasteiger partial charge >= 0.3 is 0 Å². The third-order valence-corrected chi connectivity index (χ3v) is 3.39. The maximum Gasteiger partial charge on any atom is 0.249 e. The molecule has 3 N–H and O–H groups in total. The number of nitrogens with two attached hydrogens (primary N) is 1. The Bertz CT molecular complexity index is 692. The van der Waals surface area contributed by atoms with Gasteiger partial charge in [0.05, 0.1) is 17.2 Å². The average molecular weight is 284 g/mol. The first-order chi connectivity index (χ1) is 10.1. The molecule has 6 nitrogen and oxygen atoms in total. The van der Waals surface area contributed by atoms with Gasteiger partial charge in [-0.2, -0.15) is 0 Å². The minimum Gasteiger partial charge on any atom is -0.421 e. The van der Waals surface area contributed by atoms with Crippen LogP contribution < -0.4 is 11.1 Å². The van der Waals surface area contributed by atoms with Crippen molar-refractivity contribution < 1.29 is 9.21 Å². The summed E-state index contributed by atoms with van der Waals surface area (Å²) < 4.78 is 5.43. The Hall–Kier alpha value is -2.47. The number of rotatable bonds is 3. The third-order valence-electron chi connectivity index (χ3n) is 3.39. The van der Waals surface area contributed by atoms with E-state index in [9.17, 15) is 4.79 Å². The van der Waals surface area contributed by atoms with Gasteiger partial charge in [0.15, 0.2) is 0 Å². The molecule has 0 radical (unpaired) electrons. The van der Waals surface area contributed by atoms with Crippen molar-refractivity contribution >= 4 is 11.6 Å². The quantitative estimate of drug-likeness (QED) is 0.839. The van der Waals surface area contributed by atoms with Crippen LogP contribution in [0, 0.1) is 12.8 Å². The van der Waals surface area contributed by atoms with Gasteiger partial charge in [0.2, 0.25) is 17.7 Å². The van der Waals surface area contributed by atoms with E-state index in [0.717, 1.165) is 0 Å². The van der Waals surface area contributed by atoms with E-state index in [4.69, 9.17) is 10.2 Å². The van der Waals surface area contributed by atoms with Crippen molar-refractivity contribution in [2.75, 3.05) is 5.32 Å². The first-order valence-electron chi connectivity index (χ1n) is 6.78. The molecule has 1 aromatic heterocycles. The number of hydrogen-bond acceptors (Lipinski definition) is 5.